The summed E-state index contributed by atoms with van der Waals surface area (Å²) in [5.74, 6) is 1.27. The lowest BCUT2D eigenvalue weighted by Gasteiger charge is -2.40. The third kappa shape index (κ3) is 5.99. The molecule has 2 aromatic rings. The fourth-order valence-electron chi connectivity index (χ4n) is 4.68. The average molecular weight is 556 g/mol. The third-order valence-electron chi connectivity index (χ3n) is 6.51. The minimum absolute atomic E-state index is 0. The minimum atomic E-state index is -0.201. The second-order valence-electron chi connectivity index (χ2n) is 8.44. The molecule has 0 radical (unpaired) electrons. The number of ether oxygens (including phenoxy) is 1. The first-order valence-corrected chi connectivity index (χ1v) is 11.2. The van der Waals surface area contributed by atoms with Crippen molar-refractivity contribution >= 4 is 29.9 Å². The van der Waals surface area contributed by atoms with Crippen LogP contribution in [0.4, 0.5) is 4.39 Å². The molecule has 2 aliphatic rings. The van der Waals surface area contributed by atoms with Gasteiger partial charge in [0.05, 0.1) is 31.6 Å². The number of hydrogen-bond donors (Lipinski definition) is 1. The Hall–Kier alpha value is -1.72. The van der Waals surface area contributed by atoms with E-state index in [1.165, 1.54) is 6.07 Å². The van der Waals surface area contributed by atoms with Crippen LogP contribution in [0.25, 0.3) is 0 Å². The third-order valence-corrected chi connectivity index (χ3v) is 6.51. The number of rotatable bonds is 5. The van der Waals surface area contributed by atoms with Gasteiger partial charge in [-0.25, -0.2) is 9.37 Å². The number of nitrogens with one attached hydrogen (secondary N) is 1. The second kappa shape index (κ2) is 11.9. The zero-order valence-electron chi connectivity index (χ0n) is 18.9. The lowest BCUT2D eigenvalue weighted by Crippen LogP contribution is -2.51. The number of morpholine rings is 1. The van der Waals surface area contributed by atoms with Gasteiger partial charge < -0.3 is 19.5 Å². The molecule has 2 saturated heterocycles. The number of benzene rings is 1. The quantitative estimate of drug-likeness (QED) is 0.349. The summed E-state index contributed by atoms with van der Waals surface area (Å²) in [7, 11) is 1.83. The Morgan fingerprint density at radius 2 is 2.12 bits per heavy atom. The first-order valence-electron chi connectivity index (χ1n) is 11.2. The highest BCUT2D eigenvalue weighted by Crippen LogP contribution is 2.28. The smallest absolute Gasteiger partial charge is 0.193 e. The van der Waals surface area contributed by atoms with Crippen LogP contribution < -0.4 is 5.32 Å². The normalized spacial score (nSPS) is 23.5. The molecule has 1 aromatic carbocycles. The van der Waals surface area contributed by atoms with Crippen LogP contribution in [0.15, 0.2) is 48.0 Å². The van der Waals surface area contributed by atoms with Crippen molar-refractivity contribution in [2.24, 2.45) is 10.9 Å². The molecule has 0 aliphatic carbocycles. The summed E-state index contributed by atoms with van der Waals surface area (Å²) < 4.78 is 21.7. The van der Waals surface area contributed by atoms with Gasteiger partial charge in [0.1, 0.15) is 5.82 Å². The highest BCUT2D eigenvalue weighted by Gasteiger charge is 2.30. The molecule has 0 bridgehead atoms. The maximum absolute atomic E-state index is 14.0. The number of aromatic nitrogens is 2. The van der Waals surface area contributed by atoms with Gasteiger partial charge in [0.15, 0.2) is 5.96 Å². The molecule has 0 saturated carbocycles. The van der Waals surface area contributed by atoms with Gasteiger partial charge in [0.25, 0.3) is 0 Å². The van der Waals surface area contributed by atoms with Crippen LogP contribution in [0.1, 0.15) is 31.0 Å². The molecule has 176 valence electrons. The molecule has 0 amide bonds. The van der Waals surface area contributed by atoms with E-state index in [0.29, 0.717) is 31.7 Å². The Labute approximate surface area is 207 Å². The Bertz CT molecular complexity index is 858. The molecule has 1 N–H and O–H groups in total. The van der Waals surface area contributed by atoms with Crippen LogP contribution in [0.3, 0.4) is 0 Å². The number of likely N-dealkylation sites (tertiary alicyclic amines) is 1. The summed E-state index contributed by atoms with van der Waals surface area (Å²) in [5, 5.41) is 3.58. The SMILES string of the molecule is CN=C(NCC(c1cccc(F)c1)N1CCOCC1)N1CCC(C)C(n2ccnc2)C1.I. The van der Waals surface area contributed by atoms with Crippen molar-refractivity contribution in [3.05, 3.63) is 54.4 Å². The molecule has 0 spiro atoms. The van der Waals surface area contributed by atoms with Crippen LogP contribution in [-0.4, -0.2) is 78.3 Å². The lowest BCUT2D eigenvalue weighted by atomic mass is 9.93. The Morgan fingerprint density at radius 3 is 2.81 bits per heavy atom. The highest BCUT2D eigenvalue weighted by molar-refractivity contribution is 14.0. The van der Waals surface area contributed by atoms with Gasteiger partial charge in [-0.2, -0.15) is 0 Å². The van der Waals surface area contributed by atoms with Crippen LogP contribution in [0, 0.1) is 11.7 Å². The van der Waals surface area contributed by atoms with Crippen molar-refractivity contribution in [3.8, 4) is 0 Å². The molecule has 2 fully saturated rings. The Balaban J connectivity index is 0.00000289. The van der Waals surface area contributed by atoms with E-state index in [2.05, 4.69) is 36.6 Å². The first-order chi connectivity index (χ1) is 15.2. The van der Waals surface area contributed by atoms with E-state index >= 15 is 0 Å². The predicted molar refractivity (Wildman–Crippen MR) is 135 cm³/mol. The number of hydrogen-bond acceptors (Lipinski definition) is 4. The predicted octanol–water partition coefficient (Wildman–Crippen LogP) is 3.17. The maximum atomic E-state index is 14.0. The first kappa shape index (κ1) is 24.9. The summed E-state index contributed by atoms with van der Waals surface area (Å²) in [6, 6.07) is 7.36. The van der Waals surface area contributed by atoms with Gasteiger partial charge in [0.2, 0.25) is 0 Å². The number of halogens is 2. The number of nitrogens with zero attached hydrogens (tertiary/aromatic N) is 5. The van der Waals surface area contributed by atoms with Gasteiger partial charge in [-0.05, 0) is 30.0 Å². The fourth-order valence-corrected chi connectivity index (χ4v) is 4.68. The molecule has 7 nitrogen and oxygen atoms in total. The van der Waals surface area contributed by atoms with E-state index in [4.69, 9.17) is 4.74 Å². The standard InChI is InChI=1S/C23H33FN6O.HI/c1-18-6-8-29(16-22(18)30-9-7-26-17-30)23(25-2)27-15-21(28-10-12-31-13-11-28)19-4-3-5-20(24)14-19;/h3-5,7,9,14,17-18,21-22H,6,8,10-13,15-16H2,1-2H3,(H,25,27);1H. The van der Waals surface area contributed by atoms with Crippen molar-refractivity contribution < 1.29 is 9.13 Å². The number of imidazole rings is 1. The Kier molecular flexibility index (Phi) is 9.30. The minimum Gasteiger partial charge on any atom is -0.379 e. The van der Waals surface area contributed by atoms with Crippen LogP contribution >= 0.6 is 24.0 Å². The van der Waals surface area contributed by atoms with Crippen LogP contribution in [0.2, 0.25) is 0 Å². The molecule has 3 unspecified atom stereocenters. The summed E-state index contributed by atoms with van der Waals surface area (Å²) in [6.45, 7) is 7.91. The molecule has 1 aromatic heterocycles. The monoisotopic (exact) mass is 556 g/mol. The van der Waals surface area contributed by atoms with Crippen molar-refractivity contribution in [2.45, 2.75) is 25.4 Å². The zero-order valence-corrected chi connectivity index (χ0v) is 21.2. The molecule has 3 heterocycles. The van der Waals surface area contributed by atoms with Crippen molar-refractivity contribution in [2.75, 3.05) is 53.0 Å². The summed E-state index contributed by atoms with van der Waals surface area (Å²) in [4.78, 5) is 13.5. The average Bonchev–Trinajstić information content (AvgIpc) is 3.33. The Morgan fingerprint density at radius 1 is 1.31 bits per heavy atom. The molecule has 4 rings (SSSR count). The number of piperidine rings is 1. The summed E-state index contributed by atoms with van der Waals surface area (Å²) in [5.41, 5.74) is 0.980. The van der Waals surface area contributed by atoms with Crippen LogP contribution in [0.5, 0.6) is 0 Å². The van der Waals surface area contributed by atoms with E-state index < -0.39 is 0 Å². The maximum Gasteiger partial charge on any atom is 0.193 e. The van der Waals surface area contributed by atoms with Gasteiger partial charge in [0, 0.05) is 52.2 Å². The zero-order chi connectivity index (χ0) is 21.6. The molecule has 9 heteroatoms. The number of aliphatic imine (C=N–C) groups is 1. The number of guanidine groups is 1. The van der Waals surface area contributed by atoms with E-state index in [1.54, 1.807) is 12.1 Å². The van der Waals surface area contributed by atoms with Crippen molar-refractivity contribution in [3.63, 3.8) is 0 Å². The summed E-state index contributed by atoms with van der Waals surface area (Å²) >= 11 is 0. The van der Waals surface area contributed by atoms with Crippen molar-refractivity contribution in [1.82, 2.24) is 24.7 Å². The largest absolute Gasteiger partial charge is 0.379 e. The van der Waals surface area contributed by atoms with Gasteiger partial charge >= 0.3 is 0 Å². The highest BCUT2D eigenvalue weighted by atomic mass is 127. The molecule has 32 heavy (non-hydrogen) atoms. The van der Waals surface area contributed by atoms with Gasteiger partial charge in [-0.15, -0.1) is 24.0 Å². The fraction of sp³-hybridized carbons (Fsp3) is 0.565. The van der Waals surface area contributed by atoms with Gasteiger partial charge in [-0.1, -0.05) is 19.1 Å². The molecular weight excluding hydrogens is 522 g/mol. The van der Waals surface area contributed by atoms with Crippen molar-refractivity contribution in [1.29, 1.82) is 0 Å². The van der Waals surface area contributed by atoms with Crippen LogP contribution in [-0.2, 0) is 4.74 Å². The lowest BCUT2D eigenvalue weighted by molar-refractivity contribution is 0.0168. The topological polar surface area (TPSA) is 57.9 Å². The van der Waals surface area contributed by atoms with E-state index in [9.17, 15) is 4.39 Å². The van der Waals surface area contributed by atoms with E-state index in [1.807, 2.05) is 31.8 Å². The molecule has 2 aliphatic heterocycles. The molecular formula is C23H34FIN6O. The second-order valence-corrected chi connectivity index (χ2v) is 8.44. The van der Waals surface area contributed by atoms with Gasteiger partial charge in [-0.3, -0.25) is 9.89 Å². The molecule has 3 atom stereocenters. The van der Waals surface area contributed by atoms with E-state index in [0.717, 1.165) is 44.1 Å². The summed E-state index contributed by atoms with van der Waals surface area (Å²) in [6.07, 6.45) is 6.88. The van der Waals surface area contributed by atoms with E-state index in [-0.39, 0.29) is 35.8 Å².